The van der Waals surface area contributed by atoms with Crippen molar-refractivity contribution >= 4 is 18.2 Å². The first kappa shape index (κ1) is 13.3. The second-order valence-electron chi connectivity index (χ2n) is 3.94. The minimum Gasteiger partial charge on any atom is -0.368 e. The van der Waals surface area contributed by atoms with Crippen LogP contribution in [0.25, 0.3) is 0 Å². The lowest BCUT2D eigenvalue weighted by molar-refractivity contribution is 0.606. The molecule has 14 heavy (non-hydrogen) atoms. The third-order valence-electron chi connectivity index (χ3n) is 2.03. The summed E-state index contributed by atoms with van der Waals surface area (Å²) in [6.45, 7) is 7.54. The summed E-state index contributed by atoms with van der Waals surface area (Å²) in [5.74, 6) is 1.76. The molecule has 1 N–H and O–H groups in total. The van der Waals surface area contributed by atoms with Gasteiger partial charge in [-0.25, -0.2) is 0 Å². The number of halogens is 1. The van der Waals surface area contributed by atoms with E-state index in [-0.39, 0.29) is 12.4 Å². The molecular weight excluding hydrogens is 198 g/mol. The molecule has 1 heterocycles. The molecule has 0 aliphatic heterocycles. The average Bonchev–Trinajstić information content (AvgIpc) is 2.29. The molecule has 0 saturated carbocycles. The molecule has 0 atom stereocenters. The smallest absolute Gasteiger partial charge is 0.150 e. The monoisotopic (exact) mass is 217 g/mol. The van der Waals surface area contributed by atoms with Crippen LogP contribution in [-0.4, -0.2) is 16.3 Å². The maximum Gasteiger partial charge on any atom is 0.150 e. The summed E-state index contributed by atoms with van der Waals surface area (Å²) in [7, 11) is 1.95. The first-order chi connectivity index (χ1) is 6.09. The lowest BCUT2D eigenvalue weighted by Gasteiger charge is -2.05. The molecule has 0 unspecified atom stereocenters. The van der Waals surface area contributed by atoms with Gasteiger partial charge in [0.05, 0.1) is 0 Å². The highest BCUT2D eigenvalue weighted by molar-refractivity contribution is 5.85. The van der Waals surface area contributed by atoms with Gasteiger partial charge in [-0.3, -0.25) is 4.68 Å². The van der Waals surface area contributed by atoms with Crippen molar-refractivity contribution in [2.75, 3.05) is 11.9 Å². The van der Waals surface area contributed by atoms with Crippen LogP contribution in [0.5, 0.6) is 0 Å². The van der Waals surface area contributed by atoms with Gasteiger partial charge in [0.15, 0.2) is 5.82 Å². The van der Waals surface area contributed by atoms with E-state index in [4.69, 9.17) is 0 Å². The van der Waals surface area contributed by atoms with Crippen LogP contribution >= 0.6 is 12.4 Å². The first-order valence-corrected chi connectivity index (χ1v) is 4.83. The lowest BCUT2D eigenvalue weighted by Crippen LogP contribution is -2.06. The Kier molecular flexibility index (Phi) is 5.62. The van der Waals surface area contributed by atoms with Crippen molar-refractivity contribution in [1.29, 1.82) is 0 Å². The molecule has 1 rings (SSSR count). The molecular formula is C10H20ClN3. The summed E-state index contributed by atoms with van der Waals surface area (Å²) < 4.78 is 1.84. The van der Waals surface area contributed by atoms with Crippen molar-refractivity contribution < 1.29 is 0 Å². The number of anilines is 1. The summed E-state index contributed by atoms with van der Waals surface area (Å²) in [5.41, 5.74) is 1.21. The van der Waals surface area contributed by atoms with Gasteiger partial charge < -0.3 is 5.32 Å². The fourth-order valence-electron chi connectivity index (χ4n) is 1.26. The first-order valence-electron chi connectivity index (χ1n) is 4.83. The maximum absolute atomic E-state index is 4.31. The van der Waals surface area contributed by atoms with Gasteiger partial charge in [0.2, 0.25) is 0 Å². The molecule has 0 fully saturated rings. The summed E-state index contributed by atoms with van der Waals surface area (Å²) >= 11 is 0. The van der Waals surface area contributed by atoms with Crippen molar-refractivity contribution in [2.45, 2.75) is 27.2 Å². The van der Waals surface area contributed by atoms with Crippen molar-refractivity contribution in [3.8, 4) is 0 Å². The average molecular weight is 218 g/mol. The summed E-state index contributed by atoms with van der Waals surface area (Å²) in [5, 5.41) is 7.65. The zero-order valence-corrected chi connectivity index (χ0v) is 10.2. The van der Waals surface area contributed by atoms with Crippen LogP contribution in [0.3, 0.4) is 0 Å². The Hall–Kier alpha value is -0.700. The quantitative estimate of drug-likeness (QED) is 0.841. The minimum absolute atomic E-state index is 0. The van der Waals surface area contributed by atoms with Crippen LogP contribution in [0, 0.1) is 12.8 Å². The number of hydrogen-bond donors (Lipinski definition) is 1. The van der Waals surface area contributed by atoms with E-state index in [2.05, 4.69) is 31.2 Å². The zero-order valence-electron chi connectivity index (χ0n) is 9.37. The predicted octanol–water partition coefficient (Wildman–Crippen LogP) is 2.61. The van der Waals surface area contributed by atoms with Crippen LogP contribution in [0.1, 0.15) is 25.8 Å². The Bertz CT molecular complexity index is 268. The van der Waals surface area contributed by atoms with E-state index in [0.717, 1.165) is 18.3 Å². The predicted molar refractivity (Wildman–Crippen MR) is 63.1 cm³/mol. The van der Waals surface area contributed by atoms with Gasteiger partial charge in [-0.05, 0) is 19.3 Å². The SMILES string of the molecule is Cc1cn(C)nc1NCCC(C)C.Cl. The molecule has 4 heteroatoms. The van der Waals surface area contributed by atoms with Crippen LogP contribution < -0.4 is 5.32 Å². The van der Waals surface area contributed by atoms with Crippen molar-refractivity contribution in [3.05, 3.63) is 11.8 Å². The molecule has 1 aromatic heterocycles. The molecule has 1 aromatic rings. The second-order valence-corrected chi connectivity index (χ2v) is 3.94. The molecule has 0 amide bonds. The highest BCUT2D eigenvalue weighted by Gasteiger charge is 2.01. The Morgan fingerprint density at radius 1 is 1.50 bits per heavy atom. The van der Waals surface area contributed by atoms with Gasteiger partial charge in [0.1, 0.15) is 0 Å². The summed E-state index contributed by atoms with van der Waals surface area (Å²) in [6, 6.07) is 0. The largest absolute Gasteiger partial charge is 0.368 e. The van der Waals surface area contributed by atoms with Crippen molar-refractivity contribution in [2.24, 2.45) is 13.0 Å². The van der Waals surface area contributed by atoms with Crippen LogP contribution in [-0.2, 0) is 7.05 Å². The highest BCUT2D eigenvalue weighted by atomic mass is 35.5. The minimum atomic E-state index is 0. The van der Waals surface area contributed by atoms with Crippen molar-refractivity contribution in [1.82, 2.24) is 9.78 Å². The van der Waals surface area contributed by atoms with E-state index < -0.39 is 0 Å². The number of aromatic nitrogens is 2. The molecule has 0 saturated heterocycles. The molecule has 0 aromatic carbocycles. The van der Waals surface area contributed by atoms with Gasteiger partial charge in [0, 0.05) is 25.4 Å². The van der Waals surface area contributed by atoms with Gasteiger partial charge in [-0.1, -0.05) is 13.8 Å². The van der Waals surface area contributed by atoms with E-state index >= 15 is 0 Å². The molecule has 0 aliphatic carbocycles. The third-order valence-corrected chi connectivity index (χ3v) is 2.03. The summed E-state index contributed by atoms with van der Waals surface area (Å²) in [6.07, 6.45) is 3.22. The van der Waals surface area contributed by atoms with Crippen LogP contribution in [0.15, 0.2) is 6.20 Å². The molecule has 3 nitrogen and oxygen atoms in total. The fourth-order valence-corrected chi connectivity index (χ4v) is 1.26. The summed E-state index contributed by atoms with van der Waals surface area (Å²) in [4.78, 5) is 0. The Balaban J connectivity index is 0.00000169. The number of rotatable bonds is 4. The van der Waals surface area contributed by atoms with Gasteiger partial charge in [-0.15, -0.1) is 12.4 Å². The van der Waals surface area contributed by atoms with E-state index in [0.29, 0.717) is 0 Å². The van der Waals surface area contributed by atoms with Gasteiger partial charge in [-0.2, -0.15) is 5.10 Å². The number of hydrogen-bond acceptors (Lipinski definition) is 2. The van der Waals surface area contributed by atoms with E-state index in [9.17, 15) is 0 Å². The molecule has 82 valence electrons. The molecule has 0 spiro atoms. The lowest BCUT2D eigenvalue weighted by atomic mass is 10.1. The van der Waals surface area contributed by atoms with Crippen LogP contribution in [0.4, 0.5) is 5.82 Å². The Labute approximate surface area is 92.3 Å². The fraction of sp³-hybridized carbons (Fsp3) is 0.700. The van der Waals surface area contributed by atoms with E-state index in [1.54, 1.807) is 0 Å². The van der Waals surface area contributed by atoms with Gasteiger partial charge >= 0.3 is 0 Å². The Morgan fingerprint density at radius 3 is 2.57 bits per heavy atom. The van der Waals surface area contributed by atoms with Gasteiger partial charge in [0.25, 0.3) is 0 Å². The highest BCUT2D eigenvalue weighted by Crippen LogP contribution is 2.10. The third kappa shape index (κ3) is 4.01. The number of nitrogens with zero attached hydrogens (tertiary/aromatic N) is 2. The zero-order chi connectivity index (χ0) is 9.84. The molecule has 0 bridgehead atoms. The number of nitrogens with one attached hydrogen (secondary N) is 1. The van der Waals surface area contributed by atoms with E-state index in [1.165, 1.54) is 12.0 Å². The van der Waals surface area contributed by atoms with Crippen LogP contribution in [0.2, 0.25) is 0 Å². The maximum atomic E-state index is 4.31. The second kappa shape index (κ2) is 5.91. The van der Waals surface area contributed by atoms with Crippen molar-refractivity contribution in [3.63, 3.8) is 0 Å². The topological polar surface area (TPSA) is 29.9 Å². The Morgan fingerprint density at radius 2 is 2.14 bits per heavy atom. The normalized spacial score (nSPS) is 10.1. The van der Waals surface area contributed by atoms with E-state index in [1.807, 2.05) is 17.9 Å². The molecule has 0 aliphatic rings. The number of aryl methyl sites for hydroxylation is 2. The standard InChI is InChI=1S/C10H19N3.ClH/c1-8(2)5-6-11-10-9(3)7-13(4)12-10;/h7-8H,5-6H2,1-4H3,(H,11,12);1H. The molecule has 0 radical (unpaired) electrons.